The summed E-state index contributed by atoms with van der Waals surface area (Å²) in [6, 6.07) is 3.76. The first-order valence-electron chi connectivity index (χ1n) is 8.99. The van der Waals surface area contributed by atoms with Crippen LogP contribution in [0.15, 0.2) is 17.5 Å². The van der Waals surface area contributed by atoms with E-state index in [1.807, 2.05) is 24.4 Å². The van der Waals surface area contributed by atoms with Crippen LogP contribution in [0.4, 0.5) is 14.6 Å². The Morgan fingerprint density at radius 1 is 1.33 bits per heavy atom. The molecule has 2 aromatic rings. The van der Waals surface area contributed by atoms with Gasteiger partial charge in [0.2, 0.25) is 5.92 Å². The monoisotopic (exact) mass is 395 g/mol. The Hall–Kier alpha value is -2.09. The summed E-state index contributed by atoms with van der Waals surface area (Å²) in [6.45, 7) is 1.92. The Labute approximate surface area is 161 Å². The third kappa shape index (κ3) is 5.45. The SMILES string of the molecule is COC(=O)CCc1cc(NC2CCC(F)(F)CC2)nc(-c2nc(C)cs2)c1. The summed E-state index contributed by atoms with van der Waals surface area (Å²) in [5.41, 5.74) is 2.57. The van der Waals surface area contributed by atoms with E-state index in [1.165, 1.54) is 18.4 Å². The fraction of sp³-hybridized carbons (Fsp3) is 0.526. The van der Waals surface area contributed by atoms with E-state index >= 15 is 0 Å². The number of halogens is 2. The van der Waals surface area contributed by atoms with Gasteiger partial charge in [-0.15, -0.1) is 11.3 Å². The average molecular weight is 395 g/mol. The summed E-state index contributed by atoms with van der Waals surface area (Å²) in [7, 11) is 1.37. The molecule has 0 unspecified atom stereocenters. The van der Waals surface area contributed by atoms with Gasteiger partial charge >= 0.3 is 5.97 Å². The Morgan fingerprint density at radius 2 is 2.07 bits per heavy atom. The number of rotatable bonds is 6. The normalized spacial score (nSPS) is 16.9. The second-order valence-corrected chi connectivity index (χ2v) is 7.75. The van der Waals surface area contributed by atoms with Crippen LogP contribution in [0.25, 0.3) is 10.7 Å². The Morgan fingerprint density at radius 3 is 2.70 bits per heavy atom. The molecule has 5 nitrogen and oxygen atoms in total. The number of carbonyl (C=O) groups is 1. The number of carbonyl (C=O) groups excluding carboxylic acids is 1. The zero-order valence-electron chi connectivity index (χ0n) is 15.4. The molecule has 2 aromatic heterocycles. The molecular weight excluding hydrogens is 372 g/mol. The van der Waals surface area contributed by atoms with E-state index in [1.54, 1.807) is 0 Å². The third-order valence-electron chi connectivity index (χ3n) is 4.64. The first-order valence-corrected chi connectivity index (χ1v) is 9.87. The zero-order valence-corrected chi connectivity index (χ0v) is 16.2. The van der Waals surface area contributed by atoms with Crippen molar-refractivity contribution in [3.63, 3.8) is 0 Å². The number of alkyl halides is 2. The van der Waals surface area contributed by atoms with Crippen molar-refractivity contribution >= 4 is 23.1 Å². The van der Waals surface area contributed by atoms with E-state index < -0.39 is 5.92 Å². The van der Waals surface area contributed by atoms with Crippen LogP contribution in [0.3, 0.4) is 0 Å². The summed E-state index contributed by atoms with van der Waals surface area (Å²) in [5.74, 6) is -2.20. The third-order valence-corrected chi connectivity index (χ3v) is 5.62. The lowest BCUT2D eigenvalue weighted by molar-refractivity contribution is -0.140. The molecule has 0 aliphatic heterocycles. The van der Waals surface area contributed by atoms with Crippen LogP contribution in [-0.4, -0.2) is 35.0 Å². The summed E-state index contributed by atoms with van der Waals surface area (Å²) < 4.78 is 31.5. The predicted octanol–water partition coefficient (Wildman–Crippen LogP) is 4.61. The lowest BCUT2D eigenvalue weighted by Gasteiger charge is -2.29. The standard InChI is InChI=1S/C19H23F2N3O2S/c1-12-11-27-18(22-12)15-9-13(3-4-17(25)26-2)10-16(24-15)23-14-5-7-19(20,21)8-6-14/h9-11,14H,3-8H2,1-2H3,(H,23,24). The van der Waals surface area contributed by atoms with Crippen LogP contribution in [0.1, 0.15) is 43.4 Å². The summed E-state index contributed by atoms with van der Waals surface area (Å²) in [5, 5.41) is 6.04. The molecule has 1 aliphatic rings. The van der Waals surface area contributed by atoms with E-state index in [4.69, 9.17) is 4.74 Å². The lowest BCUT2D eigenvalue weighted by Crippen LogP contribution is -2.32. The Balaban J connectivity index is 1.80. The van der Waals surface area contributed by atoms with Crippen LogP contribution in [0.2, 0.25) is 0 Å². The maximum Gasteiger partial charge on any atom is 0.305 e. The molecule has 1 aliphatic carbocycles. The van der Waals surface area contributed by atoms with Gasteiger partial charge in [-0.2, -0.15) is 0 Å². The molecule has 0 aromatic carbocycles. The molecule has 0 saturated heterocycles. The molecule has 1 N–H and O–H groups in total. The van der Waals surface area contributed by atoms with Crippen LogP contribution >= 0.6 is 11.3 Å². The molecule has 0 atom stereocenters. The van der Waals surface area contributed by atoms with E-state index in [2.05, 4.69) is 15.3 Å². The highest BCUT2D eigenvalue weighted by Crippen LogP contribution is 2.34. The quantitative estimate of drug-likeness (QED) is 0.724. The topological polar surface area (TPSA) is 64.1 Å². The van der Waals surface area contributed by atoms with Crippen molar-refractivity contribution in [2.24, 2.45) is 0 Å². The van der Waals surface area contributed by atoms with Gasteiger partial charge in [0.1, 0.15) is 16.5 Å². The van der Waals surface area contributed by atoms with E-state index in [-0.39, 0.29) is 31.3 Å². The second-order valence-electron chi connectivity index (χ2n) is 6.89. The van der Waals surface area contributed by atoms with Crippen molar-refractivity contribution in [2.45, 2.75) is 57.4 Å². The maximum absolute atomic E-state index is 13.4. The van der Waals surface area contributed by atoms with E-state index in [0.717, 1.165) is 22.0 Å². The van der Waals surface area contributed by atoms with Gasteiger partial charge in [-0.1, -0.05) is 0 Å². The molecule has 2 heterocycles. The van der Waals surface area contributed by atoms with Crippen LogP contribution in [0.5, 0.6) is 0 Å². The first kappa shape index (κ1) is 19.7. The minimum Gasteiger partial charge on any atom is -0.469 e. The molecule has 146 valence electrons. The number of aromatic nitrogens is 2. The zero-order chi connectivity index (χ0) is 19.4. The molecule has 0 amide bonds. The minimum atomic E-state index is -2.56. The van der Waals surface area contributed by atoms with Crippen LogP contribution in [-0.2, 0) is 16.0 Å². The molecule has 1 fully saturated rings. The number of nitrogens with one attached hydrogen (secondary N) is 1. The van der Waals surface area contributed by atoms with Crippen molar-refractivity contribution in [1.82, 2.24) is 9.97 Å². The number of pyridine rings is 1. The number of nitrogens with zero attached hydrogens (tertiary/aromatic N) is 2. The van der Waals surface area contributed by atoms with Crippen molar-refractivity contribution in [3.05, 3.63) is 28.8 Å². The highest BCUT2D eigenvalue weighted by molar-refractivity contribution is 7.13. The highest BCUT2D eigenvalue weighted by Gasteiger charge is 2.35. The number of anilines is 1. The van der Waals surface area contributed by atoms with Gasteiger partial charge in [-0.25, -0.2) is 18.7 Å². The van der Waals surface area contributed by atoms with Gasteiger partial charge in [0, 0.05) is 36.4 Å². The van der Waals surface area contributed by atoms with Crippen molar-refractivity contribution in [1.29, 1.82) is 0 Å². The first-order chi connectivity index (χ1) is 12.8. The number of methoxy groups -OCH3 is 1. The van der Waals surface area contributed by atoms with Crippen molar-refractivity contribution in [3.8, 4) is 10.7 Å². The minimum absolute atomic E-state index is 0.0288. The molecular formula is C19H23F2N3O2S. The van der Waals surface area contributed by atoms with Gasteiger partial charge in [-0.05, 0) is 43.9 Å². The maximum atomic E-state index is 13.4. The highest BCUT2D eigenvalue weighted by atomic mass is 32.1. The largest absolute Gasteiger partial charge is 0.469 e. The Kier molecular flexibility index (Phi) is 6.04. The van der Waals surface area contributed by atoms with E-state index in [0.29, 0.717) is 25.1 Å². The molecule has 0 bridgehead atoms. The number of esters is 1. The smallest absolute Gasteiger partial charge is 0.305 e. The van der Waals surface area contributed by atoms with Crippen LogP contribution in [0, 0.1) is 6.92 Å². The fourth-order valence-electron chi connectivity index (χ4n) is 3.13. The van der Waals surface area contributed by atoms with Gasteiger partial charge < -0.3 is 10.1 Å². The number of aryl methyl sites for hydroxylation is 2. The summed E-state index contributed by atoms with van der Waals surface area (Å²) in [6.07, 6.45) is 1.39. The van der Waals surface area contributed by atoms with Crippen molar-refractivity contribution < 1.29 is 18.3 Å². The molecule has 0 spiro atoms. The Bertz CT molecular complexity index is 800. The molecule has 8 heteroatoms. The number of hydrogen-bond donors (Lipinski definition) is 1. The van der Waals surface area contributed by atoms with Crippen LogP contribution < -0.4 is 5.32 Å². The summed E-state index contributed by atoms with van der Waals surface area (Å²) >= 11 is 1.50. The lowest BCUT2D eigenvalue weighted by atomic mass is 9.92. The van der Waals surface area contributed by atoms with E-state index in [9.17, 15) is 13.6 Å². The molecule has 3 rings (SSSR count). The average Bonchev–Trinajstić information content (AvgIpc) is 3.08. The second kappa shape index (κ2) is 8.29. The van der Waals surface area contributed by atoms with Crippen molar-refractivity contribution in [2.75, 3.05) is 12.4 Å². The predicted molar refractivity (Wildman–Crippen MR) is 101 cm³/mol. The molecule has 1 saturated carbocycles. The molecule has 27 heavy (non-hydrogen) atoms. The number of ether oxygens (including phenoxy) is 1. The van der Waals surface area contributed by atoms with Gasteiger partial charge in [-0.3, -0.25) is 4.79 Å². The summed E-state index contributed by atoms with van der Waals surface area (Å²) in [4.78, 5) is 20.6. The van der Waals surface area contributed by atoms with Gasteiger partial charge in [0.25, 0.3) is 0 Å². The number of hydrogen-bond acceptors (Lipinski definition) is 6. The number of thiazole rings is 1. The van der Waals surface area contributed by atoms with Gasteiger partial charge in [0.05, 0.1) is 7.11 Å². The van der Waals surface area contributed by atoms with Gasteiger partial charge in [0.15, 0.2) is 0 Å². The molecule has 0 radical (unpaired) electrons. The fourth-order valence-corrected chi connectivity index (χ4v) is 3.89.